The summed E-state index contributed by atoms with van der Waals surface area (Å²) in [5, 5.41) is 0.575. The molecule has 2 aromatic carbocycles. The molecule has 0 aliphatic carbocycles. The standard InChI is InChI=1S/C19H18F2N2O2S2/c1-12-2-4-13(5-3-12)9-26-19-22-16-10-27(24,25)11-18(16)23(19)17-7-6-14(20)8-15(17)21/h2-8,16,18H,9-11H2,1H3/t16-,18-/m0/s1. The van der Waals surface area contributed by atoms with Gasteiger partial charge in [0.2, 0.25) is 0 Å². The topological polar surface area (TPSA) is 49.7 Å². The zero-order valence-corrected chi connectivity index (χ0v) is 16.2. The van der Waals surface area contributed by atoms with Gasteiger partial charge in [0.15, 0.2) is 15.0 Å². The van der Waals surface area contributed by atoms with Crippen molar-refractivity contribution in [3.8, 4) is 0 Å². The van der Waals surface area contributed by atoms with E-state index in [1.165, 1.54) is 23.9 Å². The lowest BCUT2D eigenvalue weighted by Crippen LogP contribution is -2.39. The summed E-state index contributed by atoms with van der Waals surface area (Å²) in [6.07, 6.45) is 0. The summed E-state index contributed by atoms with van der Waals surface area (Å²) in [5.41, 5.74) is 2.42. The number of sulfone groups is 1. The van der Waals surface area contributed by atoms with Crippen LogP contribution in [0.5, 0.6) is 0 Å². The predicted molar refractivity (Wildman–Crippen MR) is 105 cm³/mol. The van der Waals surface area contributed by atoms with Gasteiger partial charge in [0.05, 0.1) is 29.3 Å². The van der Waals surface area contributed by atoms with Crippen molar-refractivity contribution >= 4 is 32.5 Å². The van der Waals surface area contributed by atoms with Crippen molar-refractivity contribution in [2.75, 3.05) is 16.4 Å². The molecule has 2 heterocycles. The van der Waals surface area contributed by atoms with Crippen molar-refractivity contribution in [3.63, 3.8) is 0 Å². The Bertz CT molecular complexity index is 1010. The highest BCUT2D eigenvalue weighted by Crippen LogP contribution is 2.37. The molecular weight excluding hydrogens is 390 g/mol. The number of aryl methyl sites for hydroxylation is 1. The highest BCUT2D eigenvalue weighted by atomic mass is 32.2. The van der Waals surface area contributed by atoms with Gasteiger partial charge in [-0.3, -0.25) is 4.99 Å². The molecule has 2 aliphatic rings. The summed E-state index contributed by atoms with van der Waals surface area (Å²) in [6.45, 7) is 2.01. The second-order valence-electron chi connectivity index (χ2n) is 6.86. The minimum absolute atomic E-state index is 0.0361. The monoisotopic (exact) mass is 408 g/mol. The third-order valence-corrected chi connectivity index (χ3v) is 7.50. The van der Waals surface area contributed by atoms with E-state index in [9.17, 15) is 17.2 Å². The Balaban J connectivity index is 1.64. The van der Waals surface area contributed by atoms with Crippen LogP contribution >= 0.6 is 11.8 Å². The molecule has 27 heavy (non-hydrogen) atoms. The first-order valence-corrected chi connectivity index (χ1v) is 11.3. The quantitative estimate of drug-likeness (QED) is 0.779. The van der Waals surface area contributed by atoms with Gasteiger partial charge >= 0.3 is 0 Å². The first-order valence-electron chi connectivity index (χ1n) is 8.53. The van der Waals surface area contributed by atoms with Crippen LogP contribution < -0.4 is 4.90 Å². The Kier molecular flexibility index (Phi) is 4.71. The van der Waals surface area contributed by atoms with Crippen LogP contribution in [-0.4, -0.2) is 37.2 Å². The number of fused-ring (bicyclic) bond motifs is 1. The number of thioether (sulfide) groups is 1. The van der Waals surface area contributed by atoms with Crippen molar-refractivity contribution in [1.82, 2.24) is 0 Å². The molecule has 142 valence electrons. The van der Waals surface area contributed by atoms with Gasteiger partial charge in [-0.25, -0.2) is 17.2 Å². The molecule has 0 radical (unpaired) electrons. The van der Waals surface area contributed by atoms with Crippen LogP contribution in [0.1, 0.15) is 11.1 Å². The largest absolute Gasteiger partial charge is 0.312 e. The van der Waals surface area contributed by atoms with E-state index in [1.54, 1.807) is 4.90 Å². The number of nitrogens with zero attached hydrogens (tertiary/aromatic N) is 2. The molecule has 4 nitrogen and oxygen atoms in total. The molecule has 2 aromatic rings. The second kappa shape index (κ2) is 6.91. The Morgan fingerprint density at radius 1 is 1.15 bits per heavy atom. The van der Waals surface area contributed by atoms with Crippen LogP contribution in [-0.2, 0) is 15.6 Å². The zero-order valence-electron chi connectivity index (χ0n) is 14.6. The Morgan fingerprint density at radius 3 is 2.59 bits per heavy atom. The van der Waals surface area contributed by atoms with Crippen LogP contribution in [0.3, 0.4) is 0 Å². The van der Waals surface area contributed by atoms with E-state index in [-0.39, 0.29) is 17.2 Å². The number of benzene rings is 2. The average molecular weight is 408 g/mol. The minimum atomic E-state index is -3.22. The number of hydrogen-bond acceptors (Lipinski definition) is 5. The van der Waals surface area contributed by atoms with Gasteiger partial charge in [-0.05, 0) is 24.6 Å². The highest BCUT2D eigenvalue weighted by molar-refractivity contribution is 8.13. The van der Waals surface area contributed by atoms with E-state index < -0.39 is 33.6 Å². The number of amidine groups is 1. The van der Waals surface area contributed by atoms with Crippen molar-refractivity contribution < 1.29 is 17.2 Å². The maximum absolute atomic E-state index is 14.4. The smallest absolute Gasteiger partial charge is 0.164 e. The SMILES string of the molecule is Cc1ccc(CSC2=N[C@H]3CS(=O)(=O)C[C@@H]3N2c2ccc(F)cc2F)cc1. The summed E-state index contributed by atoms with van der Waals surface area (Å²) in [6, 6.07) is 10.6. The lowest BCUT2D eigenvalue weighted by molar-refractivity contribution is 0.577. The maximum atomic E-state index is 14.4. The summed E-state index contributed by atoms with van der Waals surface area (Å²) in [7, 11) is -3.22. The fourth-order valence-corrected chi connectivity index (χ4v) is 6.34. The molecule has 0 saturated carbocycles. The van der Waals surface area contributed by atoms with E-state index in [1.807, 2.05) is 31.2 Å². The fraction of sp³-hybridized carbons (Fsp3) is 0.316. The highest BCUT2D eigenvalue weighted by Gasteiger charge is 2.47. The molecule has 2 atom stereocenters. The molecule has 8 heteroatoms. The van der Waals surface area contributed by atoms with E-state index in [0.717, 1.165) is 17.2 Å². The van der Waals surface area contributed by atoms with E-state index >= 15 is 0 Å². The average Bonchev–Trinajstić information content (AvgIpc) is 3.06. The van der Waals surface area contributed by atoms with Crippen LogP contribution in [0, 0.1) is 18.6 Å². The van der Waals surface area contributed by atoms with Crippen molar-refractivity contribution in [2.24, 2.45) is 4.99 Å². The first kappa shape index (κ1) is 18.4. The van der Waals surface area contributed by atoms with Crippen LogP contribution in [0.15, 0.2) is 47.5 Å². The first-order chi connectivity index (χ1) is 12.8. The Hall–Kier alpha value is -1.93. The maximum Gasteiger partial charge on any atom is 0.164 e. The summed E-state index contributed by atoms with van der Waals surface area (Å²) >= 11 is 1.44. The molecule has 0 amide bonds. The third-order valence-electron chi connectivity index (χ3n) is 4.77. The normalized spacial score (nSPS) is 23.4. The van der Waals surface area contributed by atoms with Gasteiger partial charge in [-0.15, -0.1) is 0 Å². The molecule has 0 unspecified atom stereocenters. The molecule has 4 rings (SSSR count). The number of aliphatic imine (C=N–C) groups is 1. The molecule has 0 spiro atoms. The third kappa shape index (κ3) is 3.73. The lowest BCUT2D eigenvalue weighted by atomic mass is 10.1. The number of hydrogen-bond donors (Lipinski definition) is 0. The summed E-state index contributed by atoms with van der Waals surface area (Å²) in [4.78, 5) is 6.19. The van der Waals surface area contributed by atoms with E-state index in [4.69, 9.17) is 0 Å². The van der Waals surface area contributed by atoms with Crippen LogP contribution in [0.4, 0.5) is 14.5 Å². The zero-order chi connectivity index (χ0) is 19.2. The van der Waals surface area contributed by atoms with Crippen LogP contribution in [0.25, 0.3) is 0 Å². The molecule has 0 N–H and O–H groups in total. The van der Waals surface area contributed by atoms with E-state index in [0.29, 0.717) is 10.9 Å². The van der Waals surface area contributed by atoms with Gasteiger partial charge < -0.3 is 4.90 Å². The summed E-state index contributed by atoms with van der Waals surface area (Å²) < 4.78 is 51.8. The second-order valence-corrected chi connectivity index (χ2v) is 9.96. The molecule has 1 fully saturated rings. The Morgan fingerprint density at radius 2 is 1.89 bits per heavy atom. The van der Waals surface area contributed by atoms with Crippen LogP contribution in [0.2, 0.25) is 0 Å². The van der Waals surface area contributed by atoms with Gasteiger partial charge in [-0.2, -0.15) is 0 Å². The molecule has 0 bridgehead atoms. The Labute approximate surface area is 161 Å². The summed E-state index contributed by atoms with van der Waals surface area (Å²) in [5.74, 6) is -0.872. The molecule has 2 aliphatic heterocycles. The predicted octanol–water partition coefficient (Wildman–Crippen LogP) is 3.55. The van der Waals surface area contributed by atoms with Crippen molar-refractivity contribution in [1.29, 1.82) is 0 Å². The number of anilines is 1. The lowest BCUT2D eigenvalue weighted by Gasteiger charge is -2.26. The number of halogens is 2. The molecule has 1 saturated heterocycles. The minimum Gasteiger partial charge on any atom is -0.312 e. The van der Waals surface area contributed by atoms with Gasteiger partial charge in [-0.1, -0.05) is 41.6 Å². The molecular formula is C19H18F2N2O2S2. The van der Waals surface area contributed by atoms with Crippen molar-refractivity contribution in [3.05, 3.63) is 65.2 Å². The molecule has 0 aromatic heterocycles. The van der Waals surface area contributed by atoms with Gasteiger partial charge in [0, 0.05) is 11.8 Å². The fourth-order valence-electron chi connectivity index (χ4n) is 3.42. The van der Waals surface area contributed by atoms with Gasteiger partial charge in [0.1, 0.15) is 11.6 Å². The van der Waals surface area contributed by atoms with Gasteiger partial charge in [0.25, 0.3) is 0 Å². The van der Waals surface area contributed by atoms with E-state index in [2.05, 4.69) is 4.99 Å². The number of rotatable bonds is 3. The van der Waals surface area contributed by atoms with Crippen molar-refractivity contribution in [2.45, 2.75) is 24.8 Å².